The van der Waals surface area contributed by atoms with E-state index in [0.29, 0.717) is 49.3 Å². The Morgan fingerprint density at radius 3 is 2.41 bits per heavy atom. The average molecular weight is 415 g/mol. The van der Waals surface area contributed by atoms with E-state index >= 15 is 0 Å². The molecule has 0 radical (unpaired) electrons. The molecule has 1 N–H and O–H groups in total. The molecular formula is C21H22FN3O3S. The summed E-state index contributed by atoms with van der Waals surface area (Å²) in [6, 6.07) is 13.7. The fraction of sp³-hybridized carbons (Fsp3) is 0.333. The topological polar surface area (TPSA) is 54.0 Å². The summed E-state index contributed by atoms with van der Waals surface area (Å²) in [7, 11) is 0. The van der Waals surface area contributed by atoms with Gasteiger partial charge in [-0.1, -0.05) is 24.3 Å². The van der Waals surface area contributed by atoms with Gasteiger partial charge in [-0.25, -0.2) is 4.39 Å². The van der Waals surface area contributed by atoms with Crippen LogP contribution in [-0.4, -0.2) is 59.7 Å². The van der Waals surface area contributed by atoms with E-state index in [1.165, 1.54) is 12.1 Å². The molecule has 0 bridgehead atoms. The Hall–Kier alpha value is -2.87. The van der Waals surface area contributed by atoms with Gasteiger partial charge in [0.2, 0.25) is 6.10 Å². The normalized spacial score (nSPS) is 18.3. The quantitative estimate of drug-likeness (QED) is 0.776. The van der Waals surface area contributed by atoms with Crippen LogP contribution < -0.4 is 14.8 Å². The molecule has 2 heterocycles. The van der Waals surface area contributed by atoms with Crippen LogP contribution in [0, 0.1) is 5.82 Å². The van der Waals surface area contributed by atoms with Gasteiger partial charge in [0.15, 0.2) is 16.6 Å². The first-order valence-electron chi connectivity index (χ1n) is 9.54. The minimum Gasteiger partial charge on any atom is -0.485 e. The van der Waals surface area contributed by atoms with Crippen molar-refractivity contribution < 1.29 is 18.7 Å². The molecule has 2 aromatic rings. The number of piperazine rings is 1. The van der Waals surface area contributed by atoms with Crippen LogP contribution in [0.3, 0.4) is 0 Å². The molecule has 8 heteroatoms. The lowest BCUT2D eigenvalue weighted by atomic mass is 10.2. The summed E-state index contributed by atoms with van der Waals surface area (Å²) < 4.78 is 24.5. The van der Waals surface area contributed by atoms with Crippen LogP contribution in [0.25, 0.3) is 0 Å². The van der Waals surface area contributed by atoms with E-state index in [0.717, 1.165) is 5.56 Å². The zero-order chi connectivity index (χ0) is 20.2. The second kappa shape index (κ2) is 8.65. The zero-order valence-electron chi connectivity index (χ0n) is 15.8. The van der Waals surface area contributed by atoms with Crippen LogP contribution >= 0.6 is 12.2 Å². The van der Waals surface area contributed by atoms with Crippen LogP contribution in [0.1, 0.15) is 5.56 Å². The maximum atomic E-state index is 13.0. The highest BCUT2D eigenvalue weighted by Gasteiger charge is 2.32. The number of rotatable bonds is 3. The minimum atomic E-state index is -0.625. The number of carbonyl (C=O) groups excluding carboxylic acids is 1. The van der Waals surface area contributed by atoms with Gasteiger partial charge in [-0.2, -0.15) is 0 Å². The number of hydrogen-bond donors (Lipinski definition) is 1. The highest BCUT2D eigenvalue weighted by Crippen LogP contribution is 2.31. The predicted molar refractivity (Wildman–Crippen MR) is 110 cm³/mol. The Kier molecular flexibility index (Phi) is 5.80. The average Bonchev–Trinajstić information content (AvgIpc) is 2.78. The number of nitrogens with zero attached hydrogens (tertiary/aromatic N) is 2. The van der Waals surface area contributed by atoms with Crippen molar-refractivity contribution >= 4 is 23.2 Å². The summed E-state index contributed by atoms with van der Waals surface area (Å²) in [5, 5.41) is 3.83. The fourth-order valence-corrected chi connectivity index (χ4v) is 3.62. The molecule has 0 aromatic heterocycles. The lowest BCUT2D eigenvalue weighted by Crippen LogP contribution is -2.56. The third-order valence-corrected chi connectivity index (χ3v) is 5.42. The van der Waals surface area contributed by atoms with E-state index in [1.54, 1.807) is 23.1 Å². The van der Waals surface area contributed by atoms with Crippen molar-refractivity contribution in [2.45, 2.75) is 12.6 Å². The molecule has 152 valence electrons. The van der Waals surface area contributed by atoms with Crippen LogP contribution in [0.5, 0.6) is 11.5 Å². The van der Waals surface area contributed by atoms with Crippen LogP contribution in [-0.2, 0) is 11.3 Å². The number of benzene rings is 2. The Labute approximate surface area is 174 Å². The molecule has 0 unspecified atom stereocenters. The summed E-state index contributed by atoms with van der Waals surface area (Å²) in [6.45, 7) is 3.17. The van der Waals surface area contributed by atoms with Gasteiger partial charge in [-0.3, -0.25) is 4.79 Å². The molecule has 1 atom stereocenters. The molecular weight excluding hydrogens is 393 g/mol. The van der Waals surface area contributed by atoms with Crippen molar-refractivity contribution in [3.63, 3.8) is 0 Å². The van der Waals surface area contributed by atoms with Gasteiger partial charge in [0.1, 0.15) is 12.4 Å². The third kappa shape index (κ3) is 4.59. The molecule has 0 spiro atoms. The number of amides is 1. The Morgan fingerprint density at radius 1 is 1.03 bits per heavy atom. The Bertz CT molecular complexity index is 885. The highest BCUT2D eigenvalue weighted by molar-refractivity contribution is 7.80. The summed E-state index contributed by atoms with van der Waals surface area (Å²) >= 11 is 5.46. The minimum absolute atomic E-state index is 0.0654. The lowest BCUT2D eigenvalue weighted by Gasteiger charge is -2.38. The van der Waals surface area contributed by atoms with Gasteiger partial charge in [0.05, 0.1) is 0 Å². The molecule has 2 aromatic carbocycles. The number of nitrogens with one attached hydrogen (secondary N) is 1. The number of carbonyl (C=O) groups is 1. The van der Waals surface area contributed by atoms with Gasteiger partial charge >= 0.3 is 0 Å². The zero-order valence-corrected chi connectivity index (χ0v) is 16.7. The molecule has 1 fully saturated rings. The van der Waals surface area contributed by atoms with Crippen molar-refractivity contribution in [3.05, 3.63) is 59.9 Å². The Morgan fingerprint density at radius 2 is 1.69 bits per heavy atom. The van der Waals surface area contributed by atoms with Crippen molar-refractivity contribution in [1.82, 2.24) is 15.1 Å². The Balaban J connectivity index is 1.25. The summed E-state index contributed by atoms with van der Waals surface area (Å²) in [5.41, 5.74) is 0.956. The summed E-state index contributed by atoms with van der Waals surface area (Å²) in [5.74, 6) is 0.943. The van der Waals surface area contributed by atoms with Crippen molar-refractivity contribution in [2.75, 3.05) is 32.8 Å². The van der Waals surface area contributed by atoms with Gasteiger partial charge < -0.3 is 24.6 Å². The van der Waals surface area contributed by atoms with Gasteiger partial charge in [0.25, 0.3) is 5.91 Å². The molecule has 0 saturated carbocycles. The molecule has 1 saturated heterocycles. The van der Waals surface area contributed by atoms with E-state index in [2.05, 4.69) is 5.32 Å². The number of halogens is 1. The maximum Gasteiger partial charge on any atom is 0.267 e. The molecule has 29 heavy (non-hydrogen) atoms. The highest BCUT2D eigenvalue weighted by atomic mass is 32.1. The van der Waals surface area contributed by atoms with Gasteiger partial charge in [-0.15, -0.1) is 0 Å². The number of ether oxygens (including phenoxy) is 2. The van der Waals surface area contributed by atoms with Crippen LogP contribution in [0.2, 0.25) is 0 Å². The first-order valence-corrected chi connectivity index (χ1v) is 9.95. The molecule has 2 aliphatic heterocycles. The SMILES string of the molecule is O=C([C@H]1COc2ccccc2O1)N1CCN(C(=S)NCc2ccc(F)cc2)CC1. The smallest absolute Gasteiger partial charge is 0.267 e. The van der Waals surface area contributed by atoms with Crippen LogP contribution in [0.15, 0.2) is 48.5 Å². The molecule has 6 nitrogen and oxygen atoms in total. The van der Waals surface area contributed by atoms with E-state index < -0.39 is 6.10 Å². The second-order valence-electron chi connectivity index (χ2n) is 6.96. The lowest BCUT2D eigenvalue weighted by molar-refractivity contribution is -0.142. The first kappa shape index (κ1) is 19.4. The largest absolute Gasteiger partial charge is 0.485 e. The summed E-state index contributed by atoms with van der Waals surface area (Å²) in [4.78, 5) is 16.6. The second-order valence-corrected chi connectivity index (χ2v) is 7.35. The number of para-hydroxylation sites is 2. The van der Waals surface area contributed by atoms with E-state index in [-0.39, 0.29) is 18.3 Å². The number of fused-ring (bicyclic) bond motifs is 1. The standard InChI is InChI=1S/C21H22FN3O3S/c22-16-7-5-15(6-8-16)13-23-21(29)25-11-9-24(10-12-25)20(26)19-14-27-17-3-1-2-4-18(17)28-19/h1-8,19H,9-14H2,(H,23,29)/t19-/m1/s1. The van der Waals surface area contributed by atoms with Gasteiger partial charge in [-0.05, 0) is 42.0 Å². The number of hydrogen-bond acceptors (Lipinski definition) is 4. The van der Waals surface area contributed by atoms with Crippen LogP contribution in [0.4, 0.5) is 4.39 Å². The van der Waals surface area contributed by atoms with Gasteiger partial charge in [0, 0.05) is 32.7 Å². The van der Waals surface area contributed by atoms with Crippen molar-refractivity contribution in [2.24, 2.45) is 0 Å². The molecule has 0 aliphatic carbocycles. The van der Waals surface area contributed by atoms with E-state index in [1.807, 2.05) is 23.1 Å². The molecule has 1 amide bonds. The molecule has 2 aliphatic rings. The first-order chi connectivity index (χ1) is 14.1. The maximum absolute atomic E-state index is 13.0. The van der Waals surface area contributed by atoms with E-state index in [4.69, 9.17) is 21.7 Å². The van der Waals surface area contributed by atoms with E-state index in [9.17, 15) is 9.18 Å². The molecule has 4 rings (SSSR count). The predicted octanol–water partition coefficient (Wildman–Crippen LogP) is 2.18. The third-order valence-electron chi connectivity index (χ3n) is 5.02. The monoisotopic (exact) mass is 415 g/mol. The fourth-order valence-electron chi connectivity index (χ4n) is 3.37. The summed E-state index contributed by atoms with van der Waals surface area (Å²) in [6.07, 6.45) is -0.625. The van der Waals surface area contributed by atoms with Crippen molar-refractivity contribution in [1.29, 1.82) is 0 Å². The number of thiocarbonyl (C=S) groups is 1. The van der Waals surface area contributed by atoms with Crippen molar-refractivity contribution in [3.8, 4) is 11.5 Å².